The second kappa shape index (κ2) is 8.01. The number of aryl methyl sites for hydroxylation is 1. The third kappa shape index (κ3) is 4.21. The van der Waals surface area contributed by atoms with E-state index in [1.165, 1.54) is 4.68 Å². The molecule has 0 aliphatic carbocycles. The summed E-state index contributed by atoms with van der Waals surface area (Å²) in [4.78, 5) is 24.2. The van der Waals surface area contributed by atoms with Gasteiger partial charge in [-0.25, -0.2) is 4.68 Å². The van der Waals surface area contributed by atoms with Crippen molar-refractivity contribution in [3.05, 3.63) is 69.6 Å². The molecule has 0 amide bonds. The fourth-order valence-electron chi connectivity index (χ4n) is 2.57. The Balaban J connectivity index is 1.59. The Morgan fingerprint density at radius 2 is 1.88 bits per heavy atom. The molecule has 0 fully saturated rings. The molecule has 0 radical (unpaired) electrons. The Labute approximate surface area is 154 Å². The van der Waals surface area contributed by atoms with Crippen LogP contribution in [0.4, 0.5) is 0 Å². The number of aromatic nitrogens is 2. The molecule has 2 aromatic carbocycles. The summed E-state index contributed by atoms with van der Waals surface area (Å²) in [6.45, 7) is 0.322. The highest BCUT2D eigenvalue weighted by Gasteiger charge is 2.13. The SMILES string of the molecule is Cn1nc(CC(=O)OCCOc2cccc(Cl)c2)c2ccccc2c1=O. The van der Waals surface area contributed by atoms with E-state index in [4.69, 9.17) is 21.1 Å². The molecular weight excluding hydrogens is 356 g/mol. The number of esters is 1. The lowest BCUT2D eigenvalue weighted by Crippen LogP contribution is -2.23. The Morgan fingerprint density at radius 3 is 2.65 bits per heavy atom. The summed E-state index contributed by atoms with van der Waals surface area (Å²) in [5, 5.41) is 5.94. The van der Waals surface area contributed by atoms with Crippen LogP contribution >= 0.6 is 11.6 Å². The molecule has 134 valence electrons. The Bertz CT molecular complexity index is 1000. The lowest BCUT2D eigenvalue weighted by molar-refractivity contribution is -0.143. The molecule has 0 aliphatic heterocycles. The summed E-state index contributed by atoms with van der Waals surface area (Å²) < 4.78 is 11.9. The van der Waals surface area contributed by atoms with E-state index in [1.807, 2.05) is 0 Å². The zero-order valence-corrected chi connectivity index (χ0v) is 14.9. The van der Waals surface area contributed by atoms with Gasteiger partial charge in [-0.3, -0.25) is 9.59 Å². The number of fused-ring (bicyclic) bond motifs is 1. The molecule has 3 rings (SSSR count). The van der Waals surface area contributed by atoms with E-state index >= 15 is 0 Å². The van der Waals surface area contributed by atoms with Crippen molar-refractivity contribution in [2.24, 2.45) is 7.05 Å². The highest BCUT2D eigenvalue weighted by Crippen LogP contribution is 2.17. The maximum absolute atomic E-state index is 12.1. The van der Waals surface area contributed by atoms with Gasteiger partial charge in [-0.2, -0.15) is 5.10 Å². The third-order valence-electron chi connectivity index (χ3n) is 3.76. The summed E-state index contributed by atoms with van der Waals surface area (Å²) in [7, 11) is 1.56. The Morgan fingerprint density at radius 1 is 1.12 bits per heavy atom. The topological polar surface area (TPSA) is 70.4 Å². The first-order valence-corrected chi connectivity index (χ1v) is 8.41. The average molecular weight is 373 g/mol. The van der Waals surface area contributed by atoms with Crippen LogP contribution in [-0.4, -0.2) is 29.0 Å². The van der Waals surface area contributed by atoms with Crippen LogP contribution in [0.5, 0.6) is 5.75 Å². The minimum atomic E-state index is -0.434. The molecular formula is C19H17ClN2O4. The normalized spacial score (nSPS) is 10.7. The number of rotatable bonds is 6. The second-order valence-corrected chi connectivity index (χ2v) is 6.06. The first kappa shape index (κ1) is 17.9. The van der Waals surface area contributed by atoms with E-state index in [0.717, 1.165) is 0 Å². The molecule has 3 aromatic rings. The van der Waals surface area contributed by atoms with E-state index in [1.54, 1.807) is 55.6 Å². The summed E-state index contributed by atoms with van der Waals surface area (Å²) >= 11 is 5.87. The minimum Gasteiger partial charge on any atom is -0.490 e. The summed E-state index contributed by atoms with van der Waals surface area (Å²) in [5.74, 6) is 0.176. The third-order valence-corrected chi connectivity index (χ3v) is 3.99. The van der Waals surface area contributed by atoms with Crippen LogP contribution in [0.25, 0.3) is 10.8 Å². The van der Waals surface area contributed by atoms with Gasteiger partial charge < -0.3 is 9.47 Å². The zero-order chi connectivity index (χ0) is 18.5. The van der Waals surface area contributed by atoms with Gasteiger partial charge in [0.2, 0.25) is 0 Å². The van der Waals surface area contributed by atoms with Crippen LogP contribution in [0.15, 0.2) is 53.3 Å². The van der Waals surface area contributed by atoms with Crippen molar-refractivity contribution in [1.29, 1.82) is 0 Å². The molecule has 1 heterocycles. The van der Waals surface area contributed by atoms with E-state index < -0.39 is 5.97 Å². The van der Waals surface area contributed by atoms with Gasteiger partial charge in [0.15, 0.2) is 0 Å². The number of halogens is 1. The maximum Gasteiger partial charge on any atom is 0.312 e. The van der Waals surface area contributed by atoms with Crippen molar-refractivity contribution in [2.75, 3.05) is 13.2 Å². The molecule has 7 heteroatoms. The number of benzene rings is 2. The van der Waals surface area contributed by atoms with Gasteiger partial charge in [0.25, 0.3) is 5.56 Å². The molecule has 0 N–H and O–H groups in total. The summed E-state index contributed by atoms with van der Waals surface area (Å²) in [6, 6.07) is 14.1. The van der Waals surface area contributed by atoms with E-state index in [0.29, 0.717) is 27.2 Å². The van der Waals surface area contributed by atoms with Gasteiger partial charge in [0, 0.05) is 17.5 Å². The van der Waals surface area contributed by atoms with E-state index in [9.17, 15) is 9.59 Å². The Kier molecular flexibility index (Phi) is 5.53. The van der Waals surface area contributed by atoms with E-state index in [-0.39, 0.29) is 25.2 Å². The quantitative estimate of drug-likeness (QED) is 0.491. The standard InChI is InChI=1S/C19H17ClN2O4/c1-22-19(24)16-8-3-2-7-15(16)17(21-22)12-18(23)26-10-9-25-14-6-4-5-13(20)11-14/h2-8,11H,9-10,12H2,1H3. The highest BCUT2D eigenvalue weighted by molar-refractivity contribution is 6.30. The van der Waals surface area contributed by atoms with Gasteiger partial charge in [-0.1, -0.05) is 35.9 Å². The smallest absolute Gasteiger partial charge is 0.312 e. The monoisotopic (exact) mass is 372 g/mol. The lowest BCUT2D eigenvalue weighted by Gasteiger charge is -2.09. The van der Waals surface area contributed by atoms with Gasteiger partial charge in [-0.05, 0) is 24.3 Å². The zero-order valence-electron chi connectivity index (χ0n) is 14.1. The van der Waals surface area contributed by atoms with Crippen LogP contribution in [0.3, 0.4) is 0 Å². The number of carbonyl (C=O) groups excluding carboxylic acids is 1. The predicted molar refractivity (Wildman–Crippen MR) is 98.6 cm³/mol. The molecule has 0 atom stereocenters. The minimum absolute atomic E-state index is 0.0220. The van der Waals surface area contributed by atoms with Crippen LogP contribution in [-0.2, 0) is 23.0 Å². The molecule has 6 nitrogen and oxygen atoms in total. The van der Waals surface area contributed by atoms with Crippen molar-refractivity contribution < 1.29 is 14.3 Å². The number of nitrogens with zero attached hydrogens (tertiary/aromatic N) is 2. The van der Waals surface area contributed by atoms with Crippen LogP contribution in [0.1, 0.15) is 5.69 Å². The van der Waals surface area contributed by atoms with Gasteiger partial charge in [0.1, 0.15) is 19.0 Å². The van der Waals surface area contributed by atoms with Crippen molar-refractivity contribution in [3.8, 4) is 5.75 Å². The molecule has 0 aliphatic rings. The molecule has 26 heavy (non-hydrogen) atoms. The number of hydrogen-bond donors (Lipinski definition) is 0. The number of carbonyl (C=O) groups is 1. The summed E-state index contributed by atoms with van der Waals surface area (Å²) in [6.07, 6.45) is -0.0220. The number of hydrogen-bond acceptors (Lipinski definition) is 5. The average Bonchev–Trinajstić information content (AvgIpc) is 2.63. The van der Waals surface area contributed by atoms with Crippen molar-refractivity contribution in [3.63, 3.8) is 0 Å². The fraction of sp³-hybridized carbons (Fsp3) is 0.211. The Hall–Kier alpha value is -2.86. The first-order chi connectivity index (χ1) is 12.5. The molecule has 0 spiro atoms. The lowest BCUT2D eigenvalue weighted by atomic mass is 10.1. The highest BCUT2D eigenvalue weighted by atomic mass is 35.5. The van der Waals surface area contributed by atoms with Crippen molar-refractivity contribution in [2.45, 2.75) is 6.42 Å². The van der Waals surface area contributed by atoms with Gasteiger partial charge in [-0.15, -0.1) is 0 Å². The van der Waals surface area contributed by atoms with Crippen LogP contribution in [0.2, 0.25) is 5.02 Å². The van der Waals surface area contributed by atoms with Crippen molar-refractivity contribution in [1.82, 2.24) is 9.78 Å². The summed E-state index contributed by atoms with van der Waals surface area (Å²) in [5.41, 5.74) is 0.302. The van der Waals surface area contributed by atoms with E-state index in [2.05, 4.69) is 5.10 Å². The van der Waals surface area contributed by atoms with Crippen LogP contribution in [0, 0.1) is 0 Å². The molecule has 0 saturated carbocycles. The molecule has 0 bridgehead atoms. The van der Waals surface area contributed by atoms with Crippen molar-refractivity contribution >= 4 is 28.3 Å². The molecule has 0 unspecified atom stereocenters. The number of ether oxygens (including phenoxy) is 2. The predicted octanol–water partition coefficient (Wildman–Crippen LogP) is 2.75. The maximum atomic E-state index is 12.1. The largest absolute Gasteiger partial charge is 0.490 e. The van der Waals surface area contributed by atoms with Crippen LogP contribution < -0.4 is 10.3 Å². The fourth-order valence-corrected chi connectivity index (χ4v) is 2.75. The van der Waals surface area contributed by atoms with Gasteiger partial charge in [0.05, 0.1) is 17.5 Å². The van der Waals surface area contributed by atoms with Gasteiger partial charge >= 0.3 is 5.97 Å². The first-order valence-electron chi connectivity index (χ1n) is 8.03. The molecule has 1 aromatic heterocycles. The molecule has 0 saturated heterocycles. The second-order valence-electron chi connectivity index (χ2n) is 5.62.